The summed E-state index contributed by atoms with van der Waals surface area (Å²) in [6.07, 6.45) is 0.938. The van der Waals surface area contributed by atoms with Gasteiger partial charge >= 0.3 is 6.03 Å². The van der Waals surface area contributed by atoms with Crippen molar-refractivity contribution >= 4 is 34.9 Å². The molecule has 1 aliphatic heterocycles. The van der Waals surface area contributed by atoms with E-state index >= 15 is 0 Å². The maximum Gasteiger partial charge on any atom is 0.323 e. The SMILES string of the molecule is CC(=O)N1CCc2ccccc2C1CC(=O)Nc1cc(NC(=O)Nc2ccccc2)ccc1C. The molecule has 0 aromatic heterocycles. The van der Waals surface area contributed by atoms with Gasteiger partial charge in [0.2, 0.25) is 11.8 Å². The molecule has 174 valence electrons. The number of amides is 4. The van der Waals surface area contributed by atoms with Gasteiger partial charge in [-0.25, -0.2) is 4.79 Å². The quantitative estimate of drug-likeness (QED) is 0.498. The van der Waals surface area contributed by atoms with E-state index in [1.165, 1.54) is 5.56 Å². The predicted octanol–water partition coefficient (Wildman–Crippen LogP) is 5.11. The second-order valence-corrected chi connectivity index (χ2v) is 8.40. The smallest absolute Gasteiger partial charge is 0.323 e. The number of nitrogens with zero attached hydrogens (tertiary/aromatic N) is 1. The fourth-order valence-corrected chi connectivity index (χ4v) is 4.27. The Labute approximate surface area is 199 Å². The van der Waals surface area contributed by atoms with Gasteiger partial charge < -0.3 is 20.9 Å². The minimum absolute atomic E-state index is 0.0425. The maximum atomic E-state index is 13.0. The molecule has 3 N–H and O–H groups in total. The standard InChI is InChI=1S/C27H28N4O3/c1-18-12-13-22(29-27(34)28-21-9-4-3-5-10-21)16-24(18)30-26(33)17-25-23-11-7-6-8-20(23)14-15-31(25)19(2)32/h3-13,16,25H,14-15,17H2,1-2H3,(H,30,33)(H2,28,29,34). The van der Waals surface area contributed by atoms with E-state index in [1.807, 2.05) is 49.4 Å². The molecule has 1 heterocycles. The van der Waals surface area contributed by atoms with Crippen LogP contribution in [-0.4, -0.2) is 29.3 Å². The van der Waals surface area contributed by atoms with E-state index in [4.69, 9.17) is 0 Å². The fraction of sp³-hybridized carbons (Fsp3) is 0.222. The molecule has 34 heavy (non-hydrogen) atoms. The summed E-state index contributed by atoms with van der Waals surface area (Å²) in [5.74, 6) is -0.235. The van der Waals surface area contributed by atoms with Crippen LogP contribution in [0.2, 0.25) is 0 Å². The molecule has 1 atom stereocenters. The molecule has 0 saturated carbocycles. The zero-order chi connectivity index (χ0) is 24.1. The lowest BCUT2D eigenvalue weighted by Gasteiger charge is -2.36. The van der Waals surface area contributed by atoms with Gasteiger partial charge in [0.1, 0.15) is 0 Å². The normalized spacial score (nSPS) is 14.6. The summed E-state index contributed by atoms with van der Waals surface area (Å²) in [6.45, 7) is 4.03. The summed E-state index contributed by atoms with van der Waals surface area (Å²) in [4.78, 5) is 39.4. The highest BCUT2D eigenvalue weighted by Gasteiger charge is 2.30. The van der Waals surface area contributed by atoms with E-state index in [9.17, 15) is 14.4 Å². The van der Waals surface area contributed by atoms with E-state index in [0.29, 0.717) is 23.6 Å². The van der Waals surface area contributed by atoms with E-state index in [2.05, 4.69) is 22.0 Å². The summed E-state index contributed by atoms with van der Waals surface area (Å²) in [5, 5.41) is 8.53. The third-order valence-corrected chi connectivity index (χ3v) is 6.00. The number of para-hydroxylation sites is 1. The Morgan fingerprint density at radius 2 is 1.59 bits per heavy atom. The van der Waals surface area contributed by atoms with Crippen molar-refractivity contribution in [3.8, 4) is 0 Å². The number of hydrogen-bond donors (Lipinski definition) is 3. The van der Waals surface area contributed by atoms with E-state index < -0.39 is 0 Å². The largest absolute Gasteiger partial charge is 0.335 e. The molecular weight excluding hydrogens is 428 g/mol. The summed E-state index contributed by atoms with van der Waals surface area (Å²) < 4.78 is 0. The Balaban J connectivity index is 1.45. The Bertz CT molecular complexity index is 1210. The van der Waals surface area contributed by atoms with Crippen molar-refractivity contribution in [3.63, 3.8) is 0 Å². The number of carbonyl (C=O) groups is 3. The zero-order valence-corrected chi connectivity index (χ0v) is 19.3. The van der Waals surface area contributed by atoms with Gasteiger partial charge in [0.05, 0.1) is 12.5 Å². The van der Waals surface area contributed by atoms with E-state index in [0.717, 1.165) is 17.5 Å². The highest BCUT2D eigenvalue weighted by molar-refractivity contribution is 6.00. The van der Waals surface area contributed by atoms with Crippen molar-refractivity contribution in [1.29, 1.82) is 0 Å². The van der Waals surface area contributed by atoms with Crippen LogP contribution < -0.4 is 16.0 Å². The number of hydrogen-bond acceptors (Lipinski definition) is 3. The Hall–Kier alpha value is -4.13. The second kappa shape index (κ2) is 10.2. The maximum absolute atomic E-state index is 13.0. The summed E-state index contributed by atoms with van der Waals surface area (Å²) in [7, 11) is 0. The number of fused-ring (bicyclic) bond motifs is 1. The number of urea groups is 1. The van der Waals surface area contributed by atoms with Crippen LogP contribution in [0, 0.1) is 6.92 Å². The summed E-state index contributed by atoms with van der Waals surface area (Å²) in [5.41, 5.74) is 4.91. The molecule has 0 saturated heterocycles. The van der Waals surface area contributed by atoms with Crippen LogP contribution >= 0.6 is 0 Å². The van der Waals surface area contributed by atoms with Crippen LogP contribution in [0.4, 0.5) is 21.9 Å². The average molecular weight is 457 g/mol. The van der Waals surface area contributed by atoms with Gasteiger partial charge in [-0.3, -0.25) is 9.59 Å². The molecule has 4 rings (SSSR count). The average Bonchev–Trinajstić information content (AvgIpc) is 2.82. The molecule has 0 radical (unpaired) electrons. The Morgan fingerprint density at radius 3 is 2.35 bits per heavy atom. The molecule has 0 aliphatic carbocycles. The lowest BCUT2D eigenvalue weighted by molar-refractivity contribution is -0.132. The second-order valence-electron chi connectivity index (χ2n) is 8.40. The molecular formula is C27H28N4O3. The number of carbonyl (C=O) groups excluding carboxylic acids is 3. The first-order valence-electron chi connectivity index (χ1n) is 11.3. The number of aryl methyl sites for hydroxylation is 1. The number of rotatable bonds is 5. The highest BCUT2D eigenvalue weighted by atomic mass is 16.2. The van der Waals surface area contributed by atoms with Gasteiger partial charge in [0.25, 0.3) is 0 Å². The highest BCUT2D eigenvalue weighted by Crippen LogP contribution is 2.33. The predicted molar refractivity (Wildman–Crippen MR) is 134 cm³/mol. The molecule has 3 aromatic rings. The lowest BCUT2D eigenvalue weighted by Crippen LogP contribution is -2.40. The summed E-state index contributed by atoms with van der Waals surface area (Å²) >= 11 is 0. The van der Waals surface area contributed by atoms with Crippen molar-refractivity contribution < 1.29 is 14.4 Å². The topological polar surface area (TPSA) is 90.5 Å². The van der Waals surface area contributed by atoms with Crippen molar-refractivity contribution in [1.82, 2.24) is 4.90 Å². The third kappa shape index (κ3) is 5.43. The van der Waals surface area contributed by atoms with Crippen molar-refractivity contribution in [2.45, 2.75) is 32.7 Å². The van der Waals surface area contributed by atoms with Crippen LogP contribution in [0.3, 0.4) is 0 Å². The number of anilines is 3. The van der Waals surface area contributed by atoms with E-state index in [-0.39, 0.29) is 30.3 Å². The molecule has 7 nitrogen and oxygen atoms in total. The minimum Gasteiger partial charge on any atom is -0.335 e. The van der Waals surface area contributed by atoms with Crippen molar-refractivity contribution in [3.05, 3.63) is 89.5 Å². The summed E-state index contributed by atoms with van der Waals surface area (Å²) in [6, 6.07) is 21.8. The van der Waals surface area contributed by atoms with Crippen LogP contribution in [-0.2, 0) is 16.0 Å². The van der Waals surface area contributed by atoms with Gasteiger partial charge in [0, 0.05) is 30.5 Å². The minimum atomic E-state index is -0.372. The monoisotopic (exact) mass is 456 g/mol. The Morgan fingerprint density at radius 1 is 0.882 bits per heavy atom. The molecule has 0 fully saturated rings. The van der Waals surface area contributed by atoms with Gasteiger partial charge in [0.15, 0.2) is 0 Å². The third-order valence-electron chi connectivity index (χ3n) is 6.00. The molecule has 1 aliphatic rings. The fourth-order valence-electron chi connectivity index (χ4n) is 4.27. The first kappa shape index (κ1) is 23.0. The number of benzene rings is 3. The van der Waals surface area contributed by atoms with Crippen LogP contribution in [0.25, 0.3) is 0 Å². The molecule has 0 bridgehead atoms. The van der Waals surface area contributed by atoms with Gasteiger partial charge in [-0.05, 0) is 54.3 Å². The van der Waals surface area contributed by atoms with Gasteiger partial charge in [-0.1, -0.05) is 48.5 Å². The van der Waals surface area contributed by atoms with Crippen LogP contribution in [0.1, 0.15) is 36.1 Å². The van der Waals surface area contributed by atoms with Crippen molar-refractivity contribution in [2.75, 3.05) is 22.5 Å². The number of nitrogens with one attached hydrogen (secondary N) is 3. The van der Waals surface area contributed by atoms with Gasteiger partial charge in [-0.15, -0.1) is 0 Å². The molecule has 4 amide bonds. The lowest BCUT2D eigenvalue weighted by atomic mass is 9.90. The first-order chi connectivity index (χ1) is 16.4. The molecule has 1 unspecified atom stereocenters. The van der Waals surface area contributed by atoms with Crippen LogP contribution in [0.5, 0.6) is 0 Å². The first-order valence-corrected chi connectivity index (χ1v) is 11.3. The molecule has 3 aromatic carbocycles. The molecule has 0 spiro atoms. The molecule has 7 heteroatoms. The van der Waals surface area contributed by atoms with Gasteiger partial charge in [-0.2, -0.15) is 0 Å². The zero-order valence-electron chi connectivity index (χ0n) is 19.3. The Kier molecular flexibility index (Phi) is 6.92. The van der Waals surface area contributed by atoms with Crippen LogP contribution in [0.15, 0.2) is 72.8 Å². The van der Waals surface area contributed by atoms with E-state index in [1.54, 1.807) is 36.1 Å². The van der Waals surface area contributed by atoms with Crippen molar-refractivity contribution in [2.24, 2.45) is 0 Å².